The number of alkyl halides is 1. The summed E-state index contributed by atoms with van der Waals surface area (Å²) in [4.78, 5) is 18.5. The highest BCUT2D eigenvalue weighted by Gasteiger charge is 2.49. The number of halogens is 3. The summed E-state index contributed by atoms with van der Waals surface area (Å²) in [6.07, 6.45) is 4.93. The number of nitrogens with zero attached hydrogens (tertiary/aromatic N) is 5. The summed E-state index contributed by atoms with van der Waals surface area (Å²) in [5.41, 5.74) is 4.50. The average molecular weight is 757 g/mol. The first-order valence-electron chi connectivity index (χ1n) is 19.7. The van der Waals surface area contributed by atoms with Gasteiger partial charge in [-0.05, 0) is 72.4 Å². The molecule has 2 N–H and O–H groups in total. The van der Waals surface area contributed by atoms with E-state index in [4.69, 9.17) is 9.72 Å². The van der Waals surface area contributed by atoms with Crippen LogP contribution in [0.3, 0.4) is 0 Å². The van der Waals surface area contributed by atoms with Crippen molar-refractivity contribution in [3.05, 3.63) is 47.7 Å². The van der Waals surface area contributed by atoms with Crippen LogP contribution in [-0.4, -0.2) is 89.6 Å². The lowest BCUT2D eigenvalue weighted by Gasteiger charge is -2.38. The van der Waals surface area contributed by atoms with Crippen LogP contribution in [0.25, 0.3) is 32.9 Å². The Labute approximate surface area is 316 Å². The van der Waals surface area contributed by atoms with Crippen molar-refractivity contribution in [2.24, 2.45) is 0 Å². The molecule has 0 aliphatic carbocycles. The molecule has 0 saturated carbocycles. The van der Waals surface area contributed by atoms with E-state index in [1.165, 1.54) is 12.1 Å². The van der Waals surface area contributed by atoms with Gasteiger partial charge in [0.2, 0.25) is 0 Å². The van der Waals surface area contributed by atoms with Crippen molar-refractivity contribution in [3.63, 3.8) is 0 Å². The lowest BCUT2D eigenvalue weighted by atomic mass is 9.95. The zero-order chi connectivity index (χ0) is 38.1. The third-order valence-electron chi connectivity index (χ3n) is 13.0. The number of piperazine rings is 1. The van der Waals surface area contributed by atoms with E-state index in [0.29, 0.717) is 64.7 Å². The number of anilines is 1. The minimum absolute atomic E-state index is 0.0211. The van der Waals surface area contributed by atoms with Crippen molar-refractivity contribution in [2.45, 2.75) is 114 Å². The molecule has 12 heteroatoms. The highest BCUT2D eigenvalue weighted by Crippen LogP contribution is 2.44. The van der Waals surface area contributed by atoms with Gasteiger partial charge in [0.25, 0.3) is 0 Å². The molecule has 4 aromatic rings. The molecule has 0 amide bonds. The molecule has 2 aromatic heterocycles. The minimum atomic E-state index is -2.27. The number of benzene rings is 2. The molecule has 4 fully saturated rings. The van der Waals surface area contributed by atoms with Gasteiger partial charge in [0, 0.05) is 55.3 Å². The zero-order valence-corrected chi connectivity index (χ0v) is 33.1. The van der Waals surface area contributed by atoms with Crippen LogP contribution in [0, 0.1) is 23.1 Å². The van der Waals surface area contributed by atoms with Gasteiger partial charge in [-0.1, -0.05) is 53.5 Å². The van der Waals surface area contributed by atoms with Gasteiger partial charge >= 0.3 is 6.01 Å². The van der Waals surface area contributed by atoms with E-state index in [9.17, 15) is 9.50 Å². The molecule has 4 aliphatic rings. The van der Waals surface area contributed by atoms with Gasteiger partial charge in [0.05, 0.1) is 16.5 Å². The van der Waals surface area contributed by atoms with E-state index in [1.807, 2.05) is 0 Å². The molecule has 8 nitrogen and oxygen atoms in total. The molecule has 4 aliphatic heterocycles. The van der Waals surface area contributed by atoms with E-state index in [1.54, 1.807) is 18.3 Å². The number of rotatable bonds is 8. The number of phenolic OH excluding ortho intramolecular Hbond substituents is 1. The van der Waals surface area contributed by atoms with Gasteiger partial charge in [-0.2, -0.15) is 9.97 Å². The monoisotopic (exact) mass is 756 g/mol. The van der Waals surface area contributed by atoms with Crippen LogP contribution >= 0.6 is 0 Å². The topological polar surface area (TPSA) is 86.6 Å². The summed E-state index contributed by atoms with van der Waals surface area (Å²) in [5.74, 6) is 2.47. The van der Waals surface area contributed by atoms with E-state index in [0.717, 1.165) is 32.2 Å². The first kappa shape index (κ1) is 37.0. The Bertz CT molecular complexity index is 2140. The number of ether oxygens (including phenoxy) is 1. The third-order valence-corrected chi connectivity index (χ3v) is 19.3. The third kappa shape index (κ3) is 6.20. The van der Waals surface area contributed by atoms with Crippen LogP contribution < -0.4 is 15.0 Å². The molecule has 2 bridgehead atoms. The van der Waals surface area contributed by atoms with Gasteiger partial charge in [0.1, 0.15) is 49.4 Å². The van der Waals surface area contributed by atoms with Crippen LogP contribution in [0.15, 0.2) is 30.5 Å². The molecule has 286 valence electrons. The van der Waals surface area contributed by atoms with E-state index < -0.39 is 31.4 Å². The Kier molecular flexibility index (Phi) is 9.59. The molecule has 0 spiro atoms. The van der Waals surface area contributed by atoms with Gasteiger partial charge in [-0.25, -0.2) is 13.2 Å². The quantitative estimate of drug-likeness (QED) is 0.137. The molecule has 4 atom stereocenters. The molecule has 0 unspecified atom stereocenters. The van der Waals surface area contributed by atoms with Crippen LogP contribution in [0.4, 0.5) is 19.0 Å². The first-order valence-corrected chi connectivity index (χ1v) is 21.9. The maximum Gasteiger partial charge on any atom is 0.319 e. The van der Waals surface area contributed by atoms with E-state index in [-0.39, 0.29) is 52.8 Å². The Morgan fingerprint density at radius 3 is 2.44 bits per heavy atom. The van der Waals surface area contributed by atoms with E-state index in [2.05, 4.69) is 78.1 Å². The predicted molar refractivity (Wildman–Crippen MR) is 210 cm³/mol. The van der Waals surface area contributed by atoms with Crippen molar-refractivity contribution in [1.82, 2.24) is 25.2 Å². The number of hydrogen-bond donors (Lipinski definition) is 2. The highest BCUT2D eigenvalue weighted by molar-refractivity contribution is 6.90. The van der Waals surface area contributed by atoms with Crippen LogP contribution in [0.1, 0.15) is 79.2 Å². The van der Waals surface area contributed by atoms with E-state index >= 15 is 8.78 Å². The van der Waals surface area contributed by atoms with Crippen molar-refractivity contribution < 1.29 is 23.0 Å². The van der Waals surface area contributed by atoms with Crippen LogP contribution in [0.5, 0.6) is 11.8 Å². The summed E-state index contributed by atoms with van der Waals surface area (Å²) >= 11 is 0. The summed E-state index contributed by atoms with van der Waals surface area (Å²) in [7, 11) is -2.27. The molecule has 0 radical (unpaired) electrons. The summed E-state index contributed by atoms with van der Waals surface area (Å²) in [5, 5.41) is 15.9. The standard InChI is InChI=1S/C42H51F3N6O2Si/c1-24(2)54(25(3)4,26(5)6)15-12-32-35(44)11-8-27-16-31(52)17-33(36(27)32)38-37(45)39-34(19-46-38)40(50-21-29-9-10-30(22-50)47-29)49-41(48-39)53-23-42-13-7-14-51(42)20-28(43)18-42/h8,11,16-17,19,24-26,28-30,47,52H,7,9-10,13-14,18,20-23H2,1-6H3/t28-,29-,30+,42+/m1/s1. The van der Waals surface area contributed by atoms with Gasteiger partial charge in [-0.3, -0.25) is 9.88 Å². The maximum atomic E-state index is 17.3. The van der Waals surface area contributed by atoms with Crippen molar-refractivity contribution in [3.8, 4) is 34.5 Å². The molecule has 6 heterocycles. The second-order valence-electron chi connectivity index (χ2n) is 17.1. The number of pyridine rings is 1. The SMILES string of the molecule is CC(C)[Si](C#Cc1c(F)ccc2cc(O)cc(-c3ncc4c(N5C[C@H]6CC[C@@H](C5)N6)nc(OC[C@@]56CCCN5C[C@H](F)C6)nc4c3F)c12)(C(C)C)C(C)C. The molecule has 54 heavy (non-hydrogen) atoms. The van der Waals surface area contributed by atoms with Crippen LogP contribution in [0.2, 0.25) is 16.6 Å². The van der Waals surface area contributed by atoms with Crippen molar-refractivity contribution in [2.75, 3.05) is 37.7 Å². The number of hydrogen-bond acceptors (Lipinski definition) is 8. The number of aromatic hydroxyl groups is 1. The van der Waals surface area contributed by atoms with Gasteiger partial charge in [-0.15, -0.1) is 5.54 Å². The smallest absolute Gasteiger partial charge is 0.319 e. The van der Waals surface area contributed by atoms with Crippen molar-refractivity contribution >= 4 is 35.6 Å². The number of fused-ring (bicyclic) bond motifs is 5. The summed E-state index contributed by atoms with van der Waals surface area (Å²) < 4.78 is 54.3. The molecule has 2 aromatic carbocycles. The Balaban J connectivity index is 1.29. The van der Waals surface area contributed by atoms with Crippen LogP contribution in [-0.2, 0) is 0 Å². The minimum Gasteiger partial charge on any atom is -0.508 e. The fraction of sp³-hybridized carbons (Fsp3) is 0.548. The normalized spacial score (nSPS) is 24.3. The van der Waals surface area contributed by atoms with Gasteiger partial charge in [0.15, 0.2) is 5.82 Å². The Morgan fingerprint density at radius 1 is 1.02 bits per heavy atom. The molecular formula is C42H51F3N6O2Si. The van der Waals surface area contributed by atoms with Gasteiger partial charge < -0.3 is 20.1 Å². The fourth-order valence-corrected chi connectivity index (χ4v) is 15.7. The lowest BCUT2D eigenvalue weighted by molar-refractivity contribution is 0.107. The first-order chi connectivity index (χ1) is 25.8. The fourth-order valence-electron chi connectivity index (χ4n) is 10.5. The zero-order valence-electron chi connectivity index (χ0n) is 32.1. The number of phenols is 1. The maximum absolute atomic E-state index is 17.3. The second kappa shape index (κ2) is 14.0. The molecule has 4 saturated heterocycles. The second-order valence-corrected chi connectivity index (χ2v) is 22.7. The number of nitrogens with one attached hydrogen (secondary N) is 1. The Hall–Kier alpha value is -3.92. The summed E-state index contributed by atoms with van der Waals surface area (Å²) in [6.45, 7) is 16.0. The number of aromatic nitrogens is 3. The largest absolute Gasteiger partial charge is 0.508 e. The Morgan fingerprint density at radius 2 is 1.74 bits per heavy atom. The average Bonchev–Trinajstić information content (AvgIpc) is 3.77. The molecule has 8 rings (SSSR count). The summed E-state index contributed by atoms with van der Waals surface area (Å²) in [6, 6.07) is 6.51. The highest BCUT2D eigenvalue weighted by atomic mass is 28.3. The lowest BCUT2D eigenvalue weighted by Crippen LogP contribution is -2.51. The van der Waals surface area contributed by atoms with Crippen molar-refractivity contribution in [1.29, 1.82) is 0 Å². The predicted octanol–water partition coefficient (Wildman–Crippen LogP) is 8.29. The molecular weight excluding hydrogens is 706 g/mol.